The Bertz CT molecular complexity index is 1580. The van der Waals surface area contributed by atoms with E-state index in [2.05, 4.69) is 62.2 Å². The molecule has 1 aromatic carbocycles. The van der Waals surface area contributed by atoms with Crippen LogP contribution in [0.25, 0.3) is 22.3 Å². The van der Waals surface area contributed by atoms with Gasteiger partial charge < -0.3 is 19.7 Å². The van der Waals surface area contributed by atoms with Crippen LogP contribution in [0.3, 0.4) is 0 Å². The van der Waals surface area contributed by atoms with E-state index >= 15 is 4.39 Å². The normalized spacial score (nSPS) is 14.3. The zero-order valence-corrected chi connectivity index (χ0v) is 25.7. The lowest BCUT2D eigenvalue weighted by atomic mass is 10.1. The molecule has 0 amide bonds. The number of hydrogen-bond acceptors (Lipinski definition) is 8. The summed E-state index contributed by atoms with van der Waals surface area (Å²) >= 11 is 0. The van der Waals surface area contributed by atoms with Gasteiger partial charge in [0.05, 0.1) is 11.7 Å². The summed E-state index contributed by atoms with van der Waals surface area (Å²) in [5.74, 6) is 0.313. The zero-order valence-electron chi connectivity index (χ0n) is 25.7. The minimum atomic E-state index is -0.635. The standard InChI is InChI=1S/C31H41F2N9/c1-20-35-29-23(32)16-22(17-26(29)42(20)31(2,3)4)28-24(33)18-34-30(38-28)37-27-9-8-21-19-41(11-10-25(21)36-27)15-14-40(7)13-12-39(5)6/h8-9,16-18H,10-15,19H2,1-7H3,(H,34,36,37,38). The lowest BCUT2D eigenvalue weighted by molar-refractivity contribution is 0.202. The Kier molecular flexibility index (Phi) is 8.54. The van der Waals surface area contributed by atoms with Crippen molar-refractivity contribution in [3.05, 3.63) is 59.2 Å². The number of nitrogens with one attached hydrogen (secondary N) is 1. The van der Waals surface area contributed by atoms with Gasteiger partial charge >= 0.3 is 0 Å². The molecule has 0 bridgehead atoms. The number of imidazole rings is 1. The van der Waals surface area contributed by atoms with Crippen molar-refractivity contribution >= 4 is 22.8 Å². The minimum absolute atomic E-state index is 0.0109. The first kappa shape index (κ1) is 29.9. The van der Waals surface area contributed by atoms with Crippen LogP contribution in [0.4, 0.5) is 20.5 Å². The smallest absolute Gasteiger partial charge is 0.229 e. The molecule has 0 spiro atoms. The van der Waals surface area contributed by atoms with Crippen LogP contribution in [-0.2, 0) is 18.5 Å². The maximum atomic E-state index is 15.2. The third-order valence-corrected chi connectivity index (χ3v) is 7.66. The Morgan fingerprint density at radius 2 is 1.76 bits per heavy atom. The summed E-state index contributed by atoms with van der Waals surface area (Å²) < 4.78 is 32.1. The molecule has 0 aliphatic carbocycles. The fourth-order valence-corrected chi connectivity index (χ4v) is 5.51. The summed E-state index contributed by atoms with van der Waals surface area (Å²) in [7, 11) is 6.36. The van der Waals surface area contributed by atoms with Crippen molar-refractivity contribution in [3.63, 3.8) is 0 Å². The van der Waals surface area contributed by atoms with E-state index in [1.165, 1.54) is 11.6 Å². The number of anilines is 2. The van der Waals surface area contributed by atoms with Gasteiger partial charge in [-0.2, -0.15) is 0 Å². The van der Waals surface area contributed by atoms with Gasteiger partial charge in [0, 0.05) is 62.5 Å². The fourth-order valence-electron chi connectivity index (χ4n) is 5.51. The lowest BCUT2D eigenvalue weighted by Gasteiger charge is -2.30. The van der Waals surface area contributed by atoms with Gasteiger partial charge in [0.2, 0.25) is 5.95 Å². The highest BCUT2D eigenvalue weighted by Crippen LogP contribution is 2.32. The van der Waals surface area contributed by atoms with E-state index in [9.17, 15) is 4.39 Å². The van der Waals surface area contributed by atoms with Gasteiger partial charge in [0.25, 0.3) is 0 Å². The SMILES string of the molecule is Cc1nc2c(F)cc(-c3nc(Nc4ccc5c(n4)CCN(CCN(C)CCN(C)C)C5)ncc3F)cc2n1C(C)(C)C. The van der Waals surface area contributed by atoms with Gasteiger partial charge in [-0.05, 0) is 72.6 Å². The molecule has 1 aliphatic rings. The molecule has 5 rings (SSSR count). The van der Waals surface area contributed by atoms with E-state index in [1.807, 2.05) is 38.3 Å². The van der Waals surface area contributed by atoms with Crippen molar-refractivity contribution in [1.82, 2.24) is 39.2 Å². The minimum Gasteiger partial charge on any atom is -0.323 e. The summed E-state index contributed by atoms with van der Waals surface area (Å²) in [6, 6.07) is 6.99. The number of likely N-dealkylation sites (N-methyl/N-ethyl adjacent to an activating group) is 2. The Hall–Kier alpha value is -3.54. The first-order chi connectivity index (χ1) is 19.9. The average Bonchev–Trinajstić information content (AvgIpc) is 3.28. The highest BCUT2D eigenvalue weighted by atomic mass is 19.1. The molecule has 3 aromatic heterocycles. The van der Waals surface area contributed by atoms with Crippen molar-refractivity contribution in [3.8, 4) is 11.3 Å². The number of aryl methyl sites for hydroxylation is 1. The molecule has 0 unspecified atom stereocenters. The predicted octanol–water partition coefficient (Wildman–Crippen LogP) is 4.83. The second-order valence-corrected chi connectivity index (χ2v) is 12.4. The molecule has 4 aromatic rings. The van der Waals surface area contributed by atoms with Gasteiger partial charge in [-0.3, -0.25) is 4.90 Å². The van der Waals surface area contributed by atoms with Crippen LogP contribution in [-0.4, -0.2) is 93.1 Å². The summed E-state index contributed by atoms with van der Waals surface area (Å²) in [4.78, 5) is 24.8. The van der Waals surface area contributed by atoms with Crippen molar-refractivity contribution < 1.29 is 8.78 Å². The maximum Gasteiger partial charge on any atom is 0.229 e. The predicted molar refractivity (Wildman–Crippen MR) is 163 cm³/mol. The maximum absolute atomic E-state index is 15.2. The van der Waals surface area contributed by atoms with E-state index in [4.69, 9.17) is 4.98 Å². The quantitative estimate of drug-likeness (QED) is 0.303. The van der Waals surface area contributed by atoms with Gasteiger partial charge in [0.1, 0.15) is 22.9 Å². The number of benzene rings is 1. The van der Waals surface area contributed by atoms with Crippen LogP contribution in [0.2, 0.25) is 0 Å². The largest absolute Gasteiger partial charge is 0.323 e. The van der Waals surface area contributed by atoms with Crippen molar-refractivity contribution in [2.24, 2.45) is 0 Å². The number of halogens is 2. The van der Waals surface area contributed by atoms with Crippen molar-refractivity contribution in [2.75, 3.05) is 59.2 Å². The molecule has 1 aliphatic heterocycles. The van der Waals surface area contributed by atoms with Crippen molar-refractivity contribution in [2.45, 2.75) is 46.2 Å². The fraction of sp³-hybridized carbons (Fsp3) is 0.484. The Morgan fingerprint density at radius 3 is 2.50 bits per heavy atom. The number of nitrogens with zero attached hydrogens (tertiary/aromatic N) is 8. The molecule has 1 N–H and O–H groups in total. The first-order valence-corrected chi connectivity index (χ1v) is 14.4. The molecule has 0 atom stereocenters. The number of hydrogen-bond donors (Lipinski definition) is 1. The van der Waals surface area contributed by atoms with E-state index < -0.39 is 11.6 Å². The highest BCUT2D eigenvalue weighted by molar-refractivity contribution is 5.83. The Balaban J connectivity index is 1.32. The van der Waals surface area contributed by atoms with E-state index in [0.29, 0.717) is 22.7 Å². The third-order valence-electron chi connectivity index (χ3n) is 7.66. The number of fused-ring (bicyclic) bond motifs is 2. The number of pyridine rings is 1. The molecular formula is C31H41F2N9. The third kappa shape index (κ3) is 6.58. The highest BCUT2D eigenvalue weighted by Gasteiger charge is 2.23. The van der Waals surface area contributed by atoms with Gasteiger partial charge in [0.15, 0.2) is 11.6 Å². The summed E-state index contributed by atoms with van der Waals surface area (Å²) in [5, 5.41) is 3.12. The van der Waals surface area contributed by atoms with Crippen LogP contribution in [0.1, 0.15) is 37.9 Å². The van der Waals surface area contributed by atoms with E-state index in [1.54, 1.807) is 6.07 Å². The Labute approximate surface area is 246 Å². The van der Waals surface area contributed by atoms with Crippen LogP contribution >= 0.6 is 0 Å². The zero-order chi connectivity index (χ0) is 30.2. The molecular weight excluding hydrogens is 536 g/mol. The molecule has 11 heteroatoms. The molecule has 0 fully saturated rings. The summed E-state index contributed by atoms with van der Waals surface area (Å²) in [6.45, 7) is 13.8. The lowest BCUT2D eigenvalue weighted by Crippen LogP contribution is -2.38. The molecule has 0 saturated heterocycles. The van der Waals surface area contributed by atoms with Crippen LogP contribution in [0, 0.1) is 18.6 Å². The van der Waals surface area contributed by atoms with Gasteiger partial charge in [-0.1, -0.05) is 6.07 Å². The van der Waals surface area contributed by atoms with E-state index in [0.717, 1.165) is 57.6 Å². The molecule has 42 heavy (non-hydrogen) atoms. The second-order valence-electron chi connectivity index (χ2n) is 12.4. The topological polar surface area (TPSA) is 78.2 Å². The second kappa shape index (κ2) is 12.0. The van der Waals surface area contributed by atoms with Crippen LogP contribution in [0.15, 0.2) is 30.5 Å². The Morgan fingerprint density at radius 1 is 0.976 bits per heavy atom. The first-order valence-electron chi connectivity index (χ1n) is 14.4. The molecule has 9 nitrogen and oxygen atoms in total. The number of aromatic nitrogens is 5. The molecule has 224 valence electrons. The van der Waals surface area contributed by atoms with Gasteiger partial charge in [-0.25, -0.2) is 28.7 Å². The average molecular weight is 578 g/mol. The molecule has 0 radical (unpaired) electrons. The monoisotopic (exact) mass is 577 g/mol. The van der Waals surface area contributed by atoms with Gasteiger partial charge in [-0.15, -0.1) is 0 Å². The molecule has 4 heterocycles. The van der Waals surface area contributed by atoms with Crippen LogP contribution in [0.5, 0.6) is 0 Å². The number of rotatable bonds is 9. The summed E-state index contributed by atoms with van der Waals surface area (Å²) in [6.07, 6.45) is 1.95. The summed E-state index contributed by atoms with van der Waals surface area (Å²) in [5.41, 5.74) is 3.09. The molecule has 0 saturated carbocycles. The van der Waals surface area contributed by atoms with Crippen molar-refractivity contribution in [1.29, 1.82) is 0 Å². The van der Waals surface area contributed by atoms with E-state index in [-0.39, 0.29) is 22.7 Å². The van der Waals surface area contributed by atoms with Crippen LogP contribution < -0.4 is 5.32 Å².